The summed E-state index contributed by atoms with van der Waals surface area (Å²) in [6, 6.07) is 8.32. The number of unbranched alkanes of at least 4 members (excludes halogenated alkanes) is 1. The van der Waals surface area contributed by atoms with Crippen molar-refractivity contribution in [2.24, 2.45) is 23.7 Å². The number of Topliss-reactive ketones (excluding diaryl/α,β-unsaturated/α-hetero) is 3. The summed E-state index contributed by atoms with van der Waals surface area (Å²) in [6.07, 6.45) is 2.81. The second kappa shape index (κ2) is 30.8. The van der Waals surface area contributed by atoms with Crippen LogP contribution in [0.2, 0.25) is 0 Å². The number of imide groups is 1. The van der Waals surface area contributed by atoms with Gasteiger partial charge in [0.05, 0.1) is 24.5 Å². The number of rotatable bonds is 29. The van der Waals surface area contributed by atoms with Gasteiger partial charge in [-0.05, 0) is 114 Å². The second-order valence-corrected chi connectivity index (χ2v) is 20.2. The number of amides is 9. The van der Waals surface area contributed by atoms with Crippen molar-refractivity contribution in [2.45, 2.75) is 142 Å². The molecular formula is C53H77N10O10Y-. The minimum atomic E-state index is -1.04. The Hall–Kier alpha value is -5.44. The molecular weight excluding hydrogens is 1030 g/mol. The van der Waals surface area contributed by atoms with Crippen LogP contribution in [-0.4, -0.2) is 133 Å². The Labute approximate surface area is 460 Å². The molecule has 8 N–H and O–H groups in total. The van der Waals surface area contributed by atoms with Gasteiger partial charge in [-0.1, -0.05) is 63.6 Å². The first-order valence-corrected chi connectivity index (χ1v) is 25.5. The summed E-state index contributed by atoms with van der Waals surface area (Å²) in [5.74, 6) is -5.41. The smallest absolute Gasteiger partial charge is 0.322 e. The maximum atomic E-state index is 14.6. The molecule has 1 unspecified atom stereocenters. The van der Waals surface area contributed by atoms with Gasteiger partial charge in [-0.3, -0.25) is 48.5 Å². The van der Waals surface area contributed by atoms with Gasteiger partial charge in [-0.25, -0.2) is 4.79 Å². The number of carbonyl (C=O) groups is 10. The molecule has 20 nitrogen and oxygen atoms in total. The summed E-state index contributed by atoms with van der Waals surface area (Å²) < 4.78 is 0. The van der Waals surface area contributed by atoms with Crippen LogP contribution >= 0.6 is 0 Å². The monoisotopic (exact) mass is 1100 g/mol. The molecule has 2 saturated heterocycles. The Kier molecular flexibility index (Phi) is 26.2. The Morgan fingerprint density at radius 1 is 0.770 bits per heavy atom. The number of carbonyl (C=O) groups excluding carboxylic acids is 10. The molecule has 2 aliphatic heterocycles. The van der Waals surface area contributed by atoms with Gasteiger partial charge in [-0.15, -0.1) is 0 Å². The van der Waals surface area contributed by atoms with Crippen LogP contribution in [0.4, 0.5) is 21.0 Å². The first kappa shape index (κ1) is 62.9. The molecule has 2 fully saturated rings. The van der Waals surface area contributed by atoms with Gasteiger partial charge in [0.15, 0.2) is 23.4 Å². The normalized spacial score (nSPS) is 17.5. The summed E-state index contributed by atoms with van der Waals surface area (Å²) in [4.78, 5) is 135. The molecule has 0 aromatic heterocycles. The first-order valence-electron chi connectivity index (χ1n) is 25.5. The molecule has 2 heterocycles. The molecule has 9 amide bonds. The zero-order valence-electron chi connectivity index (χ0n) is 44.3. The van der Waals surface area contributed by atoms with Gasteiger partial charge in [0, 0.05) is 95.0 Å². The third kappa shape index (κ3) is 20.0. The predicted molar refractivity (Wildman–Crippen MR) is 277 cm³/mol. The van der Waals surface area contributed by atoms with Gasteiger partial charge in [0.1, 0.15) is 6.04 Å². The Morgan fingerprint density at radius 3 is 1.93 bits per heavy atom. The van der Waals surface area contributed by atoms with Gasteiger partial charge < -0.3 is 47.4 Å². The SMILES string of the molecule is CNC(=O)[C@@H](C)CC(=O)[C@@H]1CCCN1C(=O)C(CCCCN(C)C(C)C)CC(=O)[C@H](CC(C)C)NC(=O)[C@H](CC(=O)[C@H](Cc1ccc(NC(=O)[C@@H]2CC(=O)NC(=O)N2)cc1)NC)Cc1ccc(NC([NH-])=O)cc1.[Y]. The van der Waals surface area contributed by atoms with Gasteiger partial charge in [-0.2, -0.15) is 0 Å². The third-order valence-corrected chi connectivity index (χ3v) is 13.7. The molecule has 1 radical (unpaired) electrons. The molecule has 0 spiro atoms. The van der Waals surface area contributed by atoms with E-state index in [1.165, 1.54) is 7.05 Å². The minimum absolute atomic E-state index is 0. The van der Waals surface area contributed by atoms with E-state index in [1.807, 2.05) is 20.9 Å². The van der Waals surface area contributed by atoms with Crippen molar-refractivity contribution in [1.82, 2.24) is 36.4 Å². The van der Waals surface area contributed by atoms with Crippen LogP contribution in [0, 0.1) is 23.7 Å². The van der Waals surface area contributed by atoms with Gasteiger partial charge in [0.25, 0.3) is 0 Å². The van der Waals surface area contributed by atoms with E-state index >= 15 is 0 Å². The fourth-order valence-electron chi connectivity index (χ4n) is 9.23. The summed E-state index contributed by atoms with van der Waals surface area (Å²) in [7, 11) is 5.17. The largest absolute Gasteiger partial charge is 0.447 e. The van der Waals surface area contributed by atoms with Crippen LogP contribution in [0.3, 0.4) is 0 Å². The average molecular weight is 1100 g/mol. The maximum absolute atomic E-state index is 14.6. The number of nitrogens with zero attached hydrogens (tertiary/aromatic N) is 2. The minimum Gasteiger partial charge on any atom is -0.447 e. The van der Waals surface area contributed by atoms with Crippen LogP contribution in [0.5, 0.6) is 0 Å². The molecule has 0 bridgehead atoms. The summed E-state index contributed by atoms with van der Waals surface area (Å²) in [5, 5.41) is 18.2. The summed E-state index contributed by atoms with van der Waals surface area (Å²) in [6.45, 7) is 10.9. The number of benzene rings is 2. The number of nitrogens with one attached hydrogen (secondary N) is 8. The van der Waals surface area contributed by atoms with Crippen molar-refractivity contribution < 1.29 is 80.7 Å². The Bertz CT molecular complexity index is 2260. The number of hydrogen-bond donors (Lipinski definition) is 7. The Morgan fingerprint density at radius 2 is 1.36 bits per heavy atom. The fraction of sp³-hybridized carbons (Fsp3) is 0.585. The van der Waals surface area contributed by atoms with E-state index in [-0.39, 0.29) is 113 Å². The molecule has 2 aromatic carbocycles. The van der Waals surface area contributed by atoms with Crippen LogP contribution in [-0.2, 0) is 83.9 Å². The fourth-order valence-corrected chi connectivity index (χ4v) is 9.23. The van der Waals surface area contributed by atoms with Gasteiger partial charge >= 0.3 is 6.03 Å². The van der Waals surface area contributed by atoms with Crippen LogP contribution in [0.25, 0.3) is 5.73 Å². The standard InChI is InChI=1S/C53H78N10O10.Y/c1-31(2)24-41(45(65)28-36(12-9-10-22-62(8)32(3)4)51(71)63-23-11-13-43(63)46(66)25-33(5)48(68)56-7)59-49(69)37(26-34-14-20-39(21-15-34)58-52(54)72)29-44(64)40(55-6)27-35-16-18-38(19-17-35)57-50(70)42-30-47(67)61-53(73)60-42;/h14-21,31-33,36-37,40-43,55H,9-13,22-30H2,1-8H3,(H8,54,56,57,58,59,60,61,67,68,69,70,72,73);/p-1/t33-,36?,37-,40-,41-,42-,43-;/m0./s1. The number of likely N-dealkylation sites (N-methyl/N-ethyl adjacent to an activating group) is 1. The van der Waals surface area contributed by atoms with E-state index in [1.54, 1.807) is 67.4 Å². The molecule has 4 rings (SSSR count). The van der Waals surface area contributed by atoms with Crippen molar-refractivity contribution in [2.75, 3.05) is 44.9 Å². The van der Waals surface area contributed by atoms with Crippen molar-refractivity contribution in [1.29, 1.82) is 0 Å². The average Bonchev–Trinajstić information content (AvgIpc) is 3.84. The molecule has 0 aliphatic carbocycles. The molecule has 74 heavy (non-hydrogen) atoms. The van der Waals surface area contributed by atoms with Crippen LogP contribution in [0.15, 0.2) is 48.5 Å². The number of hydrogen-bond acceptors (Lipinski definition) is 12. The molecule has 403 valence electrons. The summed E-state index contributed by atoms with van der Waals surface area (Å²) in [5.41, 5.74) is 9.43. The quantitative estimate of drug-likeness (QED) is 0.0546. The molecule has 2 aromatic rings. The predicted octanol–water partition coefficient (Wildman–Crippen LogP) is 4.70. The van der Waals surface area contributed by atoms with E-state index in [4.69, 9.17) is 5.73 Å². The van der Waals surface area contributed by atoms with Crippen molar-refractivity contribution in [3.05, 3.63) is 65.4 Å². The van der Waals surface area contributed by atoms with E-state index in [0.29, 0.717) is 55.2 Å². The number of ketones is 3. The van der Waals surface area contributed by atoms with Crippen molar-refractivity contribution >= 4 is 70.3 Å². The zero-order chi connectivity index (χ0) is 53.9. The topological polar surface area (TPSA) is 285 Å². The number of urea groups is 2. The number of likely N-dealkylation sites (tertiary alicyclic amines) is 1. The van der Waals surface area contributed by atoms with E-state index in [9.17, 15) is 47.9 Å². The van der Waals surface area contributed by atoms with E-state index in [0.717, 1.165) is 18.5 Å². The van der Waals surface area contributed by atoms with E-state index < -0.39 is 71.7 Å². The van der Waals surface area contributed by atoms with Crippen LogP contribution < -0.4 is 37.2 Å². The molecule has 0 saturated carbocycles. The van der Waals surface area contributed by atoms with Crippen molar-refractivity contribution in [3.63, 3.8) is 0 Å². The van der Waals surface area contributed by atoms with E-state index in [2.05, 4.69) is 56.0 Å². The van der Waals surface area contributed by atoms with Gasteiger partial charge in [0.2, 0.25) is 29.5 Å². The summed E-state index contributed by atoms with van der Waals surface area (Å²) >= 11 is 0. The van der Waals surface area contributed by atoms with Crippen LogP contribution in [0.1, 0.15) is 110 Å². The molecule has 21 heteroatoms. The van der Waals surface area contributed by atoms with Crippen molar-refractivity contribution in [3.8, 4) is 0 Å². The second-order valence-electron chi connectivity index (χ2n) is 20.2. The third-order valence-electron chi connectivity index (χ3n) is 13.7. The maximum Gasteiger partial charge on any atom is 0.322 e. The number of anilines is 2. The molecule has 2 aliphatic rings. The Balaban J connectivity index is 0.0000144. The first-order chi connectivity index (χ1) is 34.6. The molecule has 7 atom stereocenters. The zero-order valence-corrected chi connectivity index (χ0v) is 47.1.